The van der Waals surface area contributed by atoms with E-state index in [2.05, 4.69) is 14.7 Å². The molecule has 0 aliphatic carbocycles. The molecule has 180 valence electrons. The lowest BCUT2D eigenvalue weighted by molar-refractivity contribution is -0.140. The van der Waals surface area contributed by atoms with Crippen molar-refractivity contribution in [1.29, 1.82) is 0 Å². The number of nitrogens with one attached hydrogen (secondary N) is 1. The van der Waals surface area contributed by atoms with E-state index in [0.717, 1.165) is 21.4 Å². The fourth-order valence-corrected chi connectivity index (χ4v) is 3.40. The molecule has 0 saturated heterocycles. The standard InChI is InChI=1S/C24H27ClN4O5/c1-15(2)34-20-10-9-19(13-16(20)3)26-22-27-23(31)28(12-11-21(30)33-4)24(32)29(22)14-17-5-7-18(25)8-6-17/h5-10,13,15H,11-12,14H2,1-4H3,(H,26,27,31). The van der Waals surface area contributed by atoms with Crippen molar-refractivity contribution in [3.8, 4) is 5.75 Å². The van der Waals surface area contributed by atoms with E-state index in [4.69, 9.17) is 16.3 Å². The van der Waals surface area contributed by atoms with Gasteiger partial charge in [0.15, 0.2) is 0 Å². The first-order chi connectivity index (χ1) is 16.2. The molecule has 0 aliphatic rings. The van der Waals surface area contributed by atoms with Crippen LogP contribution in [0.4, 0.5) is 5.69 Å². The zero-order valence-corrected chi connectivity index (χ0v) is 20.3. The Balaban J connectivity index is 2.12. The Kier molecular flexibility index (Phi) is 8.12. The highest BCUT2D eigenvalue weighted by molar-refractivity contribution is 6.30. The molecule has 1 heterocycles. The van der Waals surface area contributed by atoms with Crippen molar-refractivity contribution in [3.63, 3.8) is 0 Å². The highest BCUT2D eigenvalue weighted by atomic mass is 35.5. The largest absolute Gasteiger partial charge is 0.491 e. The molecule has 0 atom stereocenters. The SMILES string of the molecule is COC(=O)CCn1c(=O)[nH]/c(=N\c2ccc(OC(C)C)c(C)c2)n(Cc2ccc(Cl)cc2)c1=O. The normalized spacial score (nSPS) is 11.6. The quantitative estimate of drug-likeness (QED) is 0.492. The first-order valence-electron chi connectivity index (χ1n) is 10.7. The van der Waals surface area contributed by atoms with Gasteiger partial charge in [0, 0.05) is 11.6 Å². The monoisotopic (exact) mass is 486 g/mol. The summed E-state index contributed by atoms with van der Waals surface area (Å²) < 4.78 is 12.7. The first-order valence-corrected chi connectivity index (χ1v) is 11.1. The summed E-state index contributed by atoms with van der Waals surface area (Å²) in [5, 5.41) is 0.565. The van der Waals surface area contributed by atoms with Crippen LogP contribution in [-0.4, -0.2) is 33.3 Å². The van der Waals surface area contributed by atoms with Gasteiger partial charge in [-0.3, -0.25) is 14.3 Å². The third kappa shape index (κ3) is 6.26. The molecule has 2 aromatic carbocycles. The van der Waals surface area contributed by atoms with E-state index in [9.17, 15) is 14.4 Å². The lowest BCUT2D eigenvalue weighted by Crippen LogP contribution is -2.50. The Bertz CT molecular complexity index is 1350. The summed E-state index contributed by atoms with van der Waals surface area (Å²) in [5.74, 6) is 0.207. The Labute approximate surface area is 201 Å². The van der Waals surface area contributed by atoms with E-state index in [1.807, 2.05) is 26.8 Å². The van der Waals surface area contributed by atoms with Crippen molar-refractivity contribution in [1.82, 2.24) is 14.1 Å². The minimum atomic E-state index is -0.670. The number of esters is 1. The second-order valence-electron chi connectivity index (χ2n) is 7.95. The molecule has 3 aromatic rings. The molecule has 0 bridgehead atoms. The van der Waals surface area contributed by atoms with Gasteiger partial charge in [-0.25, -0.2) is 19.1 Å². The van der Waals surface area contributed by atoms with Crippen molar-refractivity contribution in [3.05, 3.63) is 85.2 Å². The highest BCUT2D eigenvalue weighted by Crippen LogP contribution is 2.24. The molecule has 0 saturated carbocycles. The number of halogens is 1. The highest BCUT2D eigenvalue weighted by Gasteiger charge is 2.12. The van der Waals surface area contributed by atoms with Crippen LogP contribution in [0.5, 0.6) is 5.75 Å². The Morgan fingerprint density at radius 2 is 1.82 bits per heavy atom. The third-order valence-electron chi connectivity index (χ3n) is 4.96. The van der Waals surface area contributed by atoms with Crippen LogP contribution in [0.15, 0.2) is 57.0 Å². The fraction of sp³-hybridized carbons (Fsp3) is 0.333. The van der Waals surface area contributed by atoms with Gasteiger partial charge in [0.1, 0.15) is 5.75 Å². The van der Waals surface area contributed by atoms with Crippen LogP contribution in [0.1, 0.15) is 31.4 Å². The van der Waals surface area contributed by atoms with Crippen molar-refractivity contribution in [2.45, 2.75) is 46.4 Å². The van der Waals surface area contributed by atoms with Crippen LogP contribution in [0.2, 0.25) is 5.02 Å². The van der Waals surface area contributed by atoms with Crippen LogP contribution in [-0.2, 0) is 22.6 Å². The molecule has 0 aliphatic heterocycles. The van der Waals surface area contributed by atoms with Crippen molar-refractivity contribution in [2.24, 2.45) is 4.99 Å². The van der Waals surface area contributed by atoms with Crippen molar-refractivity contribution < 1.29 is 14.3 Å². The summed E-state index contributed by atoms with van der Waals surface area (Å²) in [5.41, 5.74) is 1.01. The predicted octanol–water partition coefficient (Wildman–Crippen LogP) is 2.93. The number of aromatic amines is 1. The van der Waals surface area contributed by atoms with Gasteiger partial charge in [-0.2, -0.15) is 0 Å². The summed E-state index contributed by atoms with van der Waals surface area (Å²) in [6, 6.07) is 12.4. The van der Waals surface area contributed by atoms with Crippen molar-refractivity contribution >= 4 is 23.3 Å². The minimum Gasteiger partial charge on any atom is -0.491 e. The van der Waals surface area contributed by atoms with Crippen LogP contribution in [0, 0.1) is 6.92 Å². The Morgan fingerprint density at radius 3 is 2.44 bits per heavy atom. The van der Waals surface area contributed by atoms with Gasteiger partial charge >= 0.3 is 17.3 Å². The van der Waals surface area contributed by atoms with Crippen LogP contribution in [0.3, 0.4) is 0 Å². The Hall–Kier alpha value is -3.59. The summed E-state index contributed by atoms with van der Waals surface area (Å²) in [7, 11) is 1.25. The number of methoxy groups -OCH3 is 1. The Morgan fingerprint density at radius 1 is 1.12 bits per heavy atom. The van der Waals surface area contributed by atoms with E-state index in [-0.39, 0.29) is 31.2 Å². The van der Waals surface area contributed by atoms with Gasteiger partial charge in [0.25, 0.3) is 0 Å². The number of ether oxygens (including phenoxy) is 2. The van der Waals surface area contributed by atoms with Gasteiger partial charge in [0.05, 0.1) is 31.9 Å². The fourth-order valence-electron chi connectivity index (χ4n) is 3.27. The summed E-state index contributed by atoms with van der Waals surface area (Å²) in [4.78, 5) is 44.7. The van der Waals surface area contributed by atoms with E-state index >= 15 is 0 Å². The average molecular weight is 487 g/mol. The number of H-pyrrole nitrogens is 1. The maximum Gasteiger partial charge on any atom is 0.335 e. The topological polar surface area (TPSA) is 108 Å². The maximum atomic E-state index is 13.3. The molecule has 0 amide bonds. The molecule has 0 spiro atoms. The summed E-state index contributed by atoms with van der Waals surface area (Å²) in [6.45, 7) is 5.79. The molecule has 1 N–H and O–H groups in total. The molecular weight excluding hydrogens is 460 g/mol. The zero-order chi connectivity index (χ0) is 24.8. The molecule has 34 heavy (non-hydrogen) atoms. The smallest absolute Gasteiger partial charge is 0.335 e. The lowest BCUT2D eigenvalue weighted by atomic mass is 10.2. The number of carbonyl (C=O) groups excluding carboxylic acids is 1. The van der Waals surface area contributed by atoms with E-state index < -0.39 is 17.3 Å². The van der Waals surface area contributed by atoms with Crippen LogP contribution >= 0.6 is 11.6 Å². The second kappa shape index (κ2) is 11.0. The molecule has 0 radical (unpaired) electrons. The summed E-state index contributed by atoms with van der Waals surface area (Å²) in [6.07, 6.45) is -0.0927. The number of aromatic nitrogens is 3. The lowest BCUT2D eigenvalue weighted by Gasteiger charge is -2.13. The van der Waals surface area contributed by atoms with E-state index in [0.29, 0.717) is 10.7 Å². The number of aryl methyl sites for hydroxylation is 1. The predicted molar refractivity (Wildman–Crippen MR) is 129 cm³/mol. The first kappa shape index (κ1) is 25.0. The number of carbonyl (C=O) groups is 1. The molecule has 9 nitrogen and oxygen atoms in total. The molecular formula is C24H27ClN4O5. The molecule has 0 unspecified atom stereocenters. The number of hydrogen-bond donors (Lipinski definition) is 1. The number of benzene rings is 2. The number of nitrogens with zero attached hydrogens (tertiary/aromatic N) is 3. The van der Waals surface area contributed by atoms with E-state index in [1.54, 1.807) is 36.4 Å². The van der Waals surface area contributed by atoms with E-state index in [1.165, 1.54) is 11.7 Å². The van der Waals surface area contributed by atoms with Gasteiger partial charge in [-0.15, -0.1) is 0 Å². The second-order valence-corrected chi connectivity index (χ2v) is 8.39. The third-order valence-corrected chi connectivity index (χ3v) is 5.21. The van der Waals surface area contributed by atoms with Crippen molar-refractivity contribution in [2.75, 3.05) is 7.11 Å². The van der Waals surface area contributed by atoms with Gasteiger partial charge in [-0.05, 0) is 62.2 Å². The molecule has 1 aromatic heterocycles. The van der Waals surface area contributed by atoms with Gasteiger partial charge < -0.3 is 9.47 Å². The minimum absolute atomic E-state index is 0.0250. The number of rotatable bonds is 8. The van der Waals surface area contributed by atoms with Gasteiger partial charge in [0.2, 0.25) is 5.62 Å². The molecule has 3 rings (SSSR count). The van der Waals surface area contributed by atoms with Crippen LogP contribution in [0.25, 0.3) is 0 Å². The molecule has 0 fully saturated rings. The molecule has 10 heteroatoms. The number of hydrogen-bond acceptors (Lipinski definition) is 6. The maximum absolute atomic E-state index is 13.3. The van der Waals surface area contributed by atoms with Crippen LogP contribution < -0.4 is 21.7 Å². The van der Waals surface area contributed by atoms with Gasteiger partial charge in [-0.1, -0.05) is 23.7 Å². The average Bonchev–Trinajstić information content (AvgIpc) is 2.79. The zero-order valence-electron chi connectivity index (χ0n) is 19.5. The summed E-state index contributed by atoms with van der Waals surface area (Å²) >= 11 is 5.98.